The number of aryl methyl sites for hydroxylation is 1. The van der Waals surface area contributed by atoms with E-state index in [0.29, 0.717) is 11.4 Å². The third-order valence-electron chi connectivity index (χ3n) is 3.95. The zero-order valence-electron chi connectivity index (χ0n) is 13.2. The summed E-state index contributed by atoms with van der Waals surface area (Å²) < 4.78 is 26.9. The number of rotatable bonds is 4. The zero-order chi connectivity index (χ0) is 16.4. The second kappa shape index (κ2) is 6.14. The van der Waals surface area contributed by atoms with Gasteiger partial charge in [-0.3, -0.25) is 0 Å². The van der Waals surface area contributed by atoms with Crippen molar-refractivity contribution < 1.29 is 8.42 Å². The number of sulfonamides is 1. The molecule has 0 bridgehead atoms. The van der Waals surface area contributed by atoms with Crippen molar-refractivity contribution in [3.8, 4) is 0 Å². The molecule has 0 saturated carbocycles. The maximum absolute atomic E-state index is 12.8. The van der Waals surface area contributed by atoms with E-state index in [9.17, 15) is 8.42 Å². The fraction of sp³-hybridized carbons (Fsp3) is 0.158. The molecule has 4 heteroatoms. The summed E-state index contributed by atoms with van der Waals surface area (Å²) in [6.45, 7) is 2.37. The number of hydrogen-bond donors (Lipinski definition) is 0. The molecule has 0 atom stereocenters. The number of benzene rings is 3. The number of nitrogens with zero attached hydrogens (tertiary/aromatic N) is 1. The van der Waals surface area contributed by atoms with Gasteiger partial charge in [-0.25, -0.2) is 8.42 Å². The summed E-state index contributed by atoms with van der Waals surface area (Å²) >= 11 is 0. The average Bonchev–Trinajstić information content (AvgIpc) is 2.56. The van der Waals surface area contributed by atoms with Gasteiger partial charge in [0, 0.05) is 13.6 Å². The smallest absolute Gasteiger partial charge is 0.207 e. The molecule has 0 fully saturated rings. The molecule has 0 spiro atoms. The minimum atomic E-state index is -3.51. The first-order valence-corrected chi connectivity index (χ1v) is 8.91. The van der Waals surface area contributed by atoms with Crippen molar-refractivity contribution in [1.29, 1.82) is 0 Å². The van der Waals surface area contributed by atoms with E-state index in [1.54, 1.807) is 19.2 Å². The highest BCUT2D eigenvalue weighted by atomic mass is 32.2. The molecule has 3 rings (SSSR count). The van der Waals surface area contributed by atoms with Gasteiger partial charge in [-0.15, -0.1) is 0 Å². The van der Waals surface area contributed by atoms with Gasteiger partial charge in [-0.2, -0.15) is 4.31 Å². The fourth-order valence-corrected chi connectivity index (χ4v) is 3.74. The van der Waals surface area contributed by atoms with E-state index < -0.39 is 10.0 Å². The predicted molar refractivity (Wildman–Crippen MR) is 93.8 cm³/mol. The van der Waals surface area contributed by atoms with Crippen molar-refractivity contribution in [3.63, 3.8) is 0 Å². The SMILES string of the molecule is Cc1ccc(CN(C)S(=O)(=O)c2ccc3ccccc3c2)cc1. The van der Waals surface area contributed by atoms with Gasteiger partial charge in [0.2, 0.25) is 10.0 Å². The quantitative estimate of drug-likeness (QED) is 0.728. The van der Waals surface area contributed by atoms with Crippen molar-refractivity contribution >= 4 is 20.8 Å². The minimum absolute atomic E-state index is 0.325. The van der Waals surface area contributed by atoms with Gasteiger partial charge >= 0.3 is 0 Å². The number of fused-ring (bicyclic) bond motifs is 1. The van der Waals surface area contributed by atoms with Crippen LogP contribution in [0.1, 0.15) is 11.1 Å². The van der Waals surface area contributed by atoms with Gasteiger partial charge in [0.05, 0.1) is 4.90 Å². The highest BCUT2D eigenvalue weighted by molar-refractivity contribution is 7.89. The van der Waals surface area contributed by atoms with Crippen LogP contribution in [0.3, 0.4) is 0 Å². The molecule has 3 aromatic rings. The largest absolute Gasteiger partial charge is 0.243 e. The van der Waals surface area contributed by atoms with Crippen LogP contribution < -0.4 is 0 Å². The van der Waals surface area contributed by atoms with Gasteiger partial charge < -0.3 is 0 Å². The van der Waals surface area contributed by atoms with Gasteiger partial charge in [-0.05, 0) is 35.4 Å². The maximum atomic E-state index is 12.8. The van der Waals surface area contributed by atoms with Gasteiger partial charge in [0.15, 0.2) is 0 Å². The molecule has 118 valence electrons. The molecule has 0 N–H and O–H groups in total. The van der Waals surface area contributed by atoms with Crippen molar-refractivity contribution in [3.05, 3.63) is 77.9 Å². The van der Waals surface area contributed by atoms with E-state index in [1.165, 1.54) is 4.31 Å². The summed E-state index contributed by atoms with van der Waals surface area (Å²) in [5.74, 6) is 0. The lowest BCUT2D eigenvalue weighted by Crippen LogP contribution is -2.26. The second-order valence-electron chi connectivity index (χ2n) is 5.76. The molecule has 0 heterocycles. The summed E-state index contributed by atoms with van der Waals surface area (Å²) in [6.07, 6.45) is 0. The Kier molecular flexibility index (Phi) is 4.20. The van der Waals surface area contributed by atoms with Crippen LogP contribution >= 0.6 is 0 Å². The first kappa shape index (κ1) is 15.7. The van der Waals surface area contributed by atoms with E-state index in [2.05, 4.69) is 0 Å². The van der Waals surface area contributed by atoms with Gasteiger partial charge in [0.1, 0.15) is 0 Å². The van der Waals surface area contributed by atoms with Crippen LogP contribution in [0.25, 0.3) is 10.8 Å². The maximum Gasteiger partial charge on any atom is 0.243 e. The Balaban J connectivity index is 1.90. The first-order chi connectivity index (χ1) is 11.0. The summed E-state index contributed by atoms with van der Waals surface area (Å²) in [5.41, 5.74) is 2.14. The van der Waals surface area contributed by atoms with Gasteiger partial charge in [0.25, 0.3) is 0 Å². The molecule has 0 radical (unpaired) electrons. The summed E-state index contributed by atoms with van der Waals surface area (Å²) in [7, 11) is -1.89. The topological polar surface area (TPSA) is 37.4 Å². The normalized spacial score (nSPS) is 12.0. The van der Waals surface area contributed by atoms with E-state index >= 15 is 0 Å². The fourth-order valence-electron chi connectivity index (χ4n) is 2.54. The van der Waals surface area contributed by atoms with Crippen LogP contribution in [0.5, 0.6) is 0 Å². The van der Waals surface area contributed by atoms with Crippen molar-refractivity contribution in [2.75, 3.05) is 7.05 Å². The summed E-state index contributed by atoms with van der Waals surface area (Å²) in [6, 6.07) is 20.9. The Morgan fingerprint density at radius 1 is 0.870 bits per heavy atom. The minimum Gasteiger partial charge on any atom is -0.207 e. The highest BCUT2D eigenvalue weighted by Crippen LogP contribution is 2.22. The molecule has 23 heavy (non-hydrogen) atoms. The lowest BCUT2D eigenvalue weighted by atomic mass is 10.1. The third kappa shape index (κ3) is 3.28. The second-order valence-corrected chi connectivity index (χ2v) is 7.80. The van der Waals surface area contributed by atoms with Crippen LogP contribution in [0.4, 0.5) is 0 Å². The Bertz CT molecular complexity index is 931. The monoisotopic (exact) mass is 325 g/mol. The summed E-state index contributed by atoms with van der Waals surface area (Å²) in [5, 5.41) is 1.96. The van der Waals surface area contributed by atoms with Crippen LogP contribution in [0.15, 0.2) is 71.6 Å². The van der Waals surface area contributed by atoms with Crippen molar-refractivity contribution in [2.24, 2.45) is 0 Å². The molecule has 0 saturated heterocycles. The molecule has 3 aromatic carbocycles. The molecule has 0 aliphatic heterocycles. The standard InChI is InChI=1S/C19H19NO2S/c1-15-7-9-16(10-8-15)14-20(2)23(21,22)19-12-11-17-5-3-4-6-18(17)13-19/h3-13H,14H2,1-2H3. The molecule has 3 nitrogen and oxygen atoms in total. The average molecular weight is 325 g/mol. The van der Waals surface area contributed by atoms with Crippen LogP contribution in [-0.2, 0) is 16.6 Å². The molecular weight excluding hydrogens is 306 g/mol. The Hall–Kier alpha value is -2.17. The first-order valence-electron chi connectivity index (χ1n) is 7.47. The number of hydrogen-bond acceptors (Lipinski definition) is 2. The van der Waals surface area contributed by atoms with E-state index in [4.69, 9.17) is 0 Å². The van der Waals surface area contributed by atoms with Crippen LogP contribution in [-0.4, -0.2) is 19.8 Å². The van der Waals surface area contributed by atoms with Crippen molar-refractivity contribution in [2.45, 2.75) is 18.4 Å². The Labute approximate surface area is 137 Å². The molecule has 0 aliphatic rings. The summed E-state index contributed by atoms with van der Waals surface area (Å²) in [4.78, 5) is 0.325. The Morgan fingerprint density at radius 3 is 2.22 bits per heavy atom. The third-order valence-corrected chi connectivity index (χ3v) is 5.75. The van der Waals surface area contributed by atoms with Crippen LogP contribution in [0.2, 0.25) is 0 Å². The highest BCUT2D eigenvalue weighted by Gasteiger charge is 2.21. The Morgan fingerprint density at radius 2 is 1.52 bits per heavy atom. The zero-order valence-corrected chi connectivity index (χ0v) is 14.0. The lowest BCUT2D eigenvalue weighted by molar-refractivity contribution is 0.467. The van der Waals surface area contributed by atoms with Crippen molar-refractivity contribution in [1.82, 2.24) is 4.31 Å². The van der Waals surface area contributed by atoms with E-state index in [-0.39, 0.29) is 0 Å². The van der Waals surface area contributed by atoms with Gasteiger partial charge in [-0.1, -0.05) is 60.2 Å². The molecule has 0 aliphatic carbocycles. The van der Waals surface area contributed by atoms with E-state index in [0.717, 1.165) is 21.9 Å². The van der Waals surface area contributed by atoms with Crippen LogP contribution in [0, 0.1) is 6.92 Å². The molecule has 0 aromatic heterocycles. The van der Waals surface area contributed by atoms with E-state index in [1.807, 2.05) is 61.5 Å². The predicted octanol–water partition coefficient (Wildman–Crippen LogP) is 3.97. The molecule has 0 unspecified atom stereocenters. The molecular formula is C19H19NO2S. The molecule has 0 amide bonds. The lowest BCUT2D eigenvalue weighted by Gasteiger charge is -2.18.